The molecule has 0 saturated heterocycles. The standard InChI is InChI=1S/C9H12N4/c1-7(10)6-8-2-4-9(5-3-8)12-13-11/h2-5,7H,6,10H2,1H3/t7-/m1/s1. The number of azide groups is 1. The Bertz CT molecular complexity index is 309. The fourth-order valence-electron chi connectivity index (χ4n) is 1.12. The van der Waals surface area contributed by atoms with E-state index in [1.807, 2.05) is 19.1 Å². The van der Waals surface area contributed by atoms with E-state index in [1.165, 1.54) is 0 Å². The minimum atomic E-state index is 0.158. The fourth-order valence-corrected chi connectivity index (χ4v) is 1.12. The van der Waals surface area contributed by atoms with Gasteiger partial charge in [-0.3, -0.25) is 0 Å². The van der Waals surface area contributed by atoms with Crippen molar-refractivity contribution in [2.24, 2.45) is 10.8 Å². The van der Waals surface area contributed by atoms with E-state index < -0.39 is 0 Å². The van der Waals surface area contributed by atoms with Crippen molar-refractivity contribution in [1.29, 1.82) is 0 Å². The van der Waals surface area contributed by atoms with Gasteiger partial charge in [0.05, 0.1) is 0 Å². The van der Waals surface area contributed by atoms with Gasteiger partial charge in [-0.1, -0.05) is 29.4 Å². The summed E-state index contributed by atoms with van der Waals surface area (Å²) >= 11 is 0. The fraction of sp³-hybridized carbons (Fsp3) is 0.333. The molecule has 0 aromatic heterocycles. The molecule has 1 rings (SSSR count). The van der Waals surface area contributed by atoms with Crippen molar-refractivity contribution in [3.8, 4) is 0 Å². The molecule has 13 heavy (non-hydrogen) atoms. The lowest BCUT2D eigenvalue weighted by atomic mass is 10.1. The molecule has 0 fully saturated rings. The van der Waals surface area contributed by atoms with Crippen LogP contribution in [0.25, 0.3) is 10.4 Å². The lowest BCUT2D eigenvalue weighted by molar-refractivity contribution is 0.738. The van der Waals surface area contributed by atoms with Crippen LogP contribution >= 0.6 is 0 Å². The van der Waals surface area contributed by atoms with Gasteiger partial charge in [-0.05, 0) is 24.4 Å². The third kappa shape index (κ3) is 3.15. The highest BCUT2D eigenvalue weighted by atomic mass is 15.1. The Hall–Kier alpha value is -1.51. The summed E-state index contributed by atoms with van der Waals surface area (Å²) < 4.78 is 0. The number of hydrogen-bond donors (Lipinski definition) is 1. The highest BCUT2D eigenvalue weighted by Gasteiger charge is 1.96. The van der Waals surface area contributed by atoms with Crippen molar-refractivity contribution in [2.45, 2.75) is 19.4 Å². The average Bonchev–Trinajstić information content (AvgIpc) is 2.08. The number of nitrogens with two attached hydrogens (primary N) is 1. The molecule has 0 spiro atoms. The van der Waals surface area contributed by atoms with Gasteiger partial charge in [-0.25, -0.2) is 0 Å². The monoisotopic (exact) mass is 176 g/mol. The maximum Gasteiger partial charge on any atom is 0.0375 e. The van der Waals surface area contributed by atoms with Crippen molar-refractivity contribution < 1.29 is 0 Å². The third-order valence-corrected chi connectivity index (χ3v) is 1.65. The molecule has 0 bridgehead atoms. The minimum absolute atomic E-state index is 0.158. The molecule has 1 atom stereocenters. The second-order valence-electron chi connectivity index (χ2n) is 3.04. The van der Waals surface area contributed by atoms with Gasteiger partial charge in [0.2, 0.25) is 0 Å². The average molecular weight is 176 g/mol. The Labute approximate surface area is 77.0 Å². The summed E-state index contributed by atoms with van der Waals surface area (Å²) in [5.41, 5.74) is 15.6. The lowest BCUT2D eigenvalue weighted by Crippen LogP contribution is -2.17. The maximum atomic E-state index is 8.17. The zero-order valence-corrected chi connectivity index (χ0v) is 7.51. The molecule has 4 nitrogen and oxygen atoms in total. The van der Waals surface area contributed by atoms with E-state index in [-0.39, 0.29) is 6.04 Å². The summed E-state index contributed by atoms with van der Waals surface area (Å²) in [5, 5.41) is 3.48. The van der Waals surface area contributed by atoms with Crippen LogP contribution < -0.4 is 5.73 Å². The van der Waals surface area contributed by atoms with Crippen molar-refractivity contribution in [3.63, 3.8) is 0 Å². The summed E-state index contributed by atoms with van der Waals surface area (Å²) in [6.45, 7) is 1.96. The first-order chi connectivity index (χ1) is 6.22. The second kappa shape index (κ2) is 4.50. The highest BCUT2D eigenvalue weighted by molar-refractivity contribution is 5.38. The van der Waals surface area contributed by atoms with E-state index in [9.17, 15) is 0 Å². The summed E-state index contributed by atoms with van der Waals surface area (Å²) in [5.74, 6) is 0. The summed E-state index contributed by atoms with van der Waals surface area (Å²) in [4.78, 5) is 2.70. The molecule has 4 heteroatoms. The topological polar surface area (TPSA) is 74.8 Å². The molecule has 0 unspecified atom stereocenters. The third-order valence-electron chi connectivity index (χ3n) is 1.65. The van der Waals surface area contributed by atoms with Crippen molar-refractivity contribution >= 4 is 5.69 Å². The first kappa shape index (κ1) is 9.58. The smallest absolute Gasteiger partial charge is 0.0375 e. The molecule has 68 valence electrons. The van der Waals surface area contributed by atoms with Gasteiger partial charge in [-0.15, -0.1) is 0 Å². The summed E-state index contributed by atoms with van der Waals surface area (Å²) in [7, 11) is 0. The summed E-state index contributed by atoms with van der Waals surface area (Å²) in [6.07, 6.45) is 0.844. The van der Waals surface area contributed by atoms with Crippen molar-refractivity contribution in [1.82, 2.24) is 0 Å². The van der Waals surface area contributed by atoms with Gasteiger partial charge < -0.3 is 5.73 Å². The van der Waals surface area contributed by atoms with Crippen LogP contribution in [0.15, 0.2) is 29.4 Å². The molecule has 0 aliphatic rings. The minimum Gasteiger partial charge on any atom is -0.328 e. The van der Waals surface area contributed by atoms with Gasteiger partial charge in [-0.2, -0.15) is 0 Å². The molecule has 2 N–H and O–H groups in total. The van der Waals surface area contributed by atoms with Gasteiger partial charge in [0.25, 0.3) is 0 Å². The quantitative estimate of drug-likeness (QED) is 0.429. The van der Waals surface area contributed by atoms with Crippen LogP contribution in [0, 0.1) is 0 Å². The van der Waals surface area contributed by atoms with Crippen LogP contribution in [-0.4, -0.2) is 6.04 Å². The van der Waals surface area contributed by atoms with E-state index in [0.717, 1.165) is 12.0 Å². The van der Waals surface area contributed by atoms with Crippen LogP contribution in [0.5, 0.6) is 0 Å². The SMILES string of the molecule is C[C@@H](N)Cc1ccc(N=[N+]=[N-])cc1. The zero-order valence-electron chi connectivity index (χ0n) is 7.51. The van der Waals surface area contributed by atoms with E-state index in [4.69, 9.17) is 11.3 Å². The van der Waals surface area contributed by atoms with Crippen LogP contribution in [-0.2, 0) is 6.42 Å². The number of rotatable bonds is 3. The first-order valence-corrected chi connectivity index (χ1v) is 4.12. The molecular weight excluding hydrogens is 164 g/mol. The Morgan fingerprint density at radius 1 is 1.46 bits per heavy atom. The highest BCUT2D eigenvalue weighted by Crippen LogP contribution is 2.13. The van der Waals surface area contributed by atoms with Gasteiger partial charge in [0.1, 0.15) is 0 Å². The first-order valence-electron chi connectivity index (χ1n) is 4.12. The lowest BCUT2D eigenvalue weighted by Gasteiger charge is -2.04. The van der Waals surface area contributed by atoms with Crippen molar-refractivity contribution in [2.75, 3.05) is 0 Å². The molecule has 1 aromatic carbocycles. The molecule has 0 aliphatic carbocycles. The molecule has 0 heterocycles. The number of hydrogen-bond acceptors (Lipinski definition) is 2. The van der Waals surface area contributed by atoms with E-state index in [2.05, 4.69) is 10.0 Å². The molecule has 0 saturated carbocycles. The second-order valence-corrected chi connectivity index (χ2v) is 3.04. The van der Waals surface area contributed by atoms with E-state index in [1.54, 1.807) is 12.1 Å². The Balaban J connectivity index is 2.75. The Morgan fingerprint density at radius 2 is 2.08 bits per heavy atom. The van der Waals surface area contributed by atoms with Crippen LogP contribution in [0.3, 0.4) is 0 Å². The van der Waals surface area contributed by atoms with Gasteiger partial charge >= 0.3 is 0 Å². The van der Waals surface area contributed by atoms with Crippen LogP contribution in [0.4, 0.5) is 5.69 Å². The van der Waals surface area contributed by atoms with E-state index >= 15 is 0 Å². The predicted molar refractivity (Wildman–Crippen MR) is 52.6 cm³/mol. The predicted octanol–water partition coefficient (Wildman–Crippen LogP) is 2.52. The molecule has 1 aromatic rings. The largest absolute Gasteiger partial charge is 0.328 e. The number of nitrogens with zero attached hydrogens (tertiary/aromatic N) is 3. The van der Waals surface area contributed by atoms with E-state index in [0.29, 0.717) is 5.69 Å². The Morgan fingerprint density at radius 3 is 2.54 bits per heavy atom. The Kier molecular flexibility index (Phi) is 3.31. The summed E-state index contributed by atoms with van der Waals surface area (Å²) in [6, 6.07) is 7.58. The zero-order chi connectivity index (χ0) is 9.68. The molecule has 0 amide bonds. The van der Waals surface area contributed by atoms with Gasteiger partial charge in [0.15, 0.2) is 0 Å². The van der Waals surface area contributed by atoms with Crippen LogP contribution in [0.1, 0.15) is 12.5 Å². The van der Waals surface area contributed by atoms with Crippen molar-refractivity contribution in [3.05, 3.63) is 40.3 Å². The van der Waals surface area contributed by atoms with Gasteiger partial charge in [0, 0.05) is 16.6 Å². The normalized spacial score (nSPS) is 11.8. The van der Waals surface area contributed by atoms with Crippen LogP contribution in [0.2, 0.25) is 0 Å². The molecule has 0 aliphatic heterocycles. The maximum absolute atomic E-state index is 8.17. The molecular formula is C9H12N4. The molecule has 0 radical (unpaired) electrons. The number of benzene rings is 1.